The highest BCUT2D eigenvalue weighted by Gasteiger charge is 2.21. The van der Waals surface area contributed by atoms with E-state index in [2.05, 4.69) is 34.1 Å². The fourth-order valence-corrected chi connectivity index (χ4v) is 4.10. The maximum absolute atomic E-state index is 12.2. The van der Waals surface area contributed by atoms with Crippen LogP contribution < -0.4 is 16.0 Å². The van der Waals surface area contributed by atoms with Crippen molar-refractivity contribution in [3.63, 3.8) is 0 Å². The maximum Gasteiger partial charge on any atom is 0.315 e. The molecule has 0 aliphatic heterocycles. The Morgan fingerprint density at radius 1 is 0.962 bits per heavy atom. The van der Waals surface area contributed by atoms with Gasteiger partial charge in [0.25, 0.3) is 0 Å². The Hall–Kier alpha value is -2.04. The van der Waals surface area contributed by atoms with Gasteiger partial charge in [-0.05, 0) is 49.7 Å². The van der Waals surface area contributed by atoms with Crippen LogP contribution in [0.3, 0.4) is 0 Å². The second-order valence-electron chi connectivity index (χ2n) is 7.55. The van der Waals surface area contributed by atoms with E-state index >= 15 is 0 Å². The molecule has 3 rings (SSSR count). The van der Waals surface area contributed by atoms with Gasteiger partial charge in [0.2, 0.25) is 5.91 Å². The van der Waals surface area contributed by atoms with Crippen LogP contribution in [0.25, 0.3) is 0 Å². The standard InChI is InChI=1S/C21H31N3O2/c25-20(24-19-13-6-9-16-8-4-5-12-18(16)19)14-7-15-22-21(26)23-17-10-2-1-3-11-17/h4-5,8,12,17,19H,1-3,6-7,9-11,13-15H2,(H,24,25)(H2,22,23,26). The predicted molar refractivity (Wildman–Crippen MR) is 103 cm³/mol. The molecule has 0 heterocycles. The molecule has 1 saturated carbocycles. The zero-order valence-electron chi connectivity index (χ0n) is 15.6. The summed E-state index contributed by atoms with van der Waals surface area (Å²) in [5.41, 5.74) is 2.61. The first-order valence-corrected chi connectivity index (χ1v) is 10.1. The molecule has 1 atom stereocenters. The Bertz CT molecular complexity index is 611. The Kier molecular flexibility index (Phi) is 6.92. The van der Waals surface area contributed by atoms with Crippen molar-refractivity contribution < 1.29 is 9.59 Å². The molecule has 1 unspecified atom stereocenters. The fourth-order valence-electron chi connectivity index (χ4n) is 4.10. The monoisotopic (exact) mass is 357 g/mol. The SMILES string of the molecule is O=C(CCCNC(=O)NC1CCCCC1)NC1CCCc2ccccc21. The van der Waals surface area contributed by atoms with Gasteiger partial charge in [0.1, 0.15) is 0 Å². The number of carbonyl (C=O) groups excluding carboxylic acids is 2. The van der Waals surface area contributed by atoms with Crippen molar-refractivity contribution in [1.29, 1.82) is 0 Å². The predicted octanol–water partition coefficient (Wildman–Crippen LogP) is 3.59. The average molecular weight is 357 g/mol. The molecule has 1 aromatic carbocycles. The van der Waals surface area contributed by atoms with Crippen molar-refractivity contribution in [3.05, 3.63) is 35.4 Å². The average Bonchev–Trinajstić information content (AvgIpc) is 2.66. The topological polar surface area (TPSA) is 70.2 Å². The summed E-state index contributed by atoms with van der Waals surface area (Å²) >= 11 is 0. The van der Waals surface area contributed by atoms with E-state index in [1.165, 1.54) is 30.4 Å². The summed E-state index contributed by atoms with van der Waals surface area (Å²) in [6.45, 7) is 0.535. The first-order valence-electron chi connectivity index (χ1n) is 10.1. The number of benzene rings is 1. The summed E-state index contributed by atoms with van der Waals surface area (Å²) in [7, 11) is 0. The van der Waals surface area contributed by atoms with Crippen molar-refractivity contribution in [2.45, 2.75) is 76.3 Å². The summed E-state index contributed by atoms with van der Waals surface area (Å²) < 4.78 is 0. The number of fused-ring (bicyclic) bond motifs is 1. The molecule has 1 fully saturated rings. The quantitative estimate of drug-likeness (QED) is 0.681. The summed E-state index contributed by atoms with van der Waals surface area (Å²) in [5.74, 6) is 0.0705. The third-order valence-electron chi connectivity index (χ3n) is 5.51. The van der Waals surface area contributed by atoms with Gasteiger partial charge in [0, 0.05) is 19.0 Å². The Morgan fingerprint density at radius 2 is 1.77 bits per heavy atom. The molecule has 3 N–H and O–H groups in total. The third kappa shape index (κ3) is 5.48. The molecule has 2 aliphatic carbocycles. The number of hydrogen-bond donors (Lipinski definition) is 3. The van der Waals surface area contributed by atoms with Crippen molar-refractivity contribution in [2.75, 3.05) is 6.54 Å². The van der Waals surface area contributed by atoms with Crippen LogP contribution in [0.2, 0.25) is 0 Å². The van der Waals surface area contributed by atoms with E-state index in [1.807, 2.05) is 6.07 Å². The minimum Gasteiger partial charge on any atom is -0.349 e. The number of hydrogen-bond acceptors (Lipinski definition) is 2. The Morgan fingerprint density at radius 3 is 2.62 bits per heavy atom. The van der Waals surface area contributed by atoms with E-state index in [0.717, 1.165) is 32.1 Å². The van der Waals surface area contributed by atoms with E-state index in [0.29, 0.717) is 25.4 Å². The summed E-state index contributed by atoms with van der Waals surface area (Å²) in [6, 6.07) is 8.73. The van der Waals surface area contributed by atoms with Gasteiger partial charge in [-0.1, -0.05) is 43.5 Å². The zero-order valence-corrected chi connectivity index (χ0v) is 15.6. The van der Waals surface area contributed by atoms with Crippen LogP contribution in [0.15, 0.2) is 24.3 Å². The third-order valence-corrected chi connectivity index (χ3v) is 5.51. The number of rotatable bonds is 6. The molecule has 26 heavy (non-hydrogen) atoms. The number of amides is 3. The van der Waals surface area contributed by atoms with Crippen LogP contribution in [-0.4, -0.2) is 24.5 Å². The van der Waals surface area contributed by atoms with Gasteiger partial charge < -0.3 is 16.0 Å². The van der Waals surface area contributed by atoms with E-state index < -0.39 is 0 Å². The van der Waals surface area contributed by atoms with E-state index in [1.54, 1.807) is 0 Å². The lowest BCUT2D eigenvalue weighted by Gasteiger charge is -2.26. The van der Waals surface area contributed by atoms with Crippen molar-refractivity contribution in [2.24, 2.45) is 0 Å². The molecule has 0 bridgehead atoms. The second-order valence-corrected chi connectivity index (χ2v) is 7.55. The molecule has 3 amide bonds. The number of aryl methyl sites for hydroxylation is 1. The summed E-state index contributed by atoms with van der Waals surface area (Å²) in [4.78, 5) is 24.1. The Labute approximate surface area is 156 Å². The van der Waals surface area contributed by atoms with Crippen molar-refractivity contribution in [3.8, 4) is 0 Å². The van der Waals surface area contributed by atoms with Gasteiger partial charge >= 0.3 is 6.03 Å². The number of nitrogens with one attached hydrogen (secondary N) is 3. The highest BCUT2D eigenvalue weighted by atomic mass is 16.2. The van der Waals surface area contributed by atoms with Crippen LogP contribution in [-0.2, 0) is 11.2 Å². The smallest absolute Gasteiger partial charge is 0.315 e. The van der Waals surface area contributed by atoms with E-state index in [-0.39, 0.29) is 18.0 Å². The van der Waals surface area contributed by atoms with Gasteiger partial charge in [-0.3, -0.25) is 4.79 Å². The largest absolute Gasteiger partial charge is 0.349 e. The van der Waals surface area contributed by atoms with Gasteiger partial charge in [-0.25, -0.2) is 4.79 Å². The van der Waals surface area contributed by atoms with Gasteiger partial charge in [0.15, 0.2) is 0 Å². The molecular weight excluding hydrogens is 326 g/mol. The van der Waals surface area contributed by atoms with Crippen LogP contribution in [0.5, 0.6) is 0 Å². The molecule has 2 aliphatic rings. The first-order chi connectivity index (χ1) is 12.7. The summed E-state index contributed by atoms with van der Waals surface area (Å²) in [6.07, 6.45) is 10.2. The number of carbonyl (C=O) groups is 2. The van der Waals surface area contributed by atoms with Crippen molar-refractivity contribution >= 4 is 11.9 Å². The lowest BCUT2D eigenvalue weighted by molar-refractivity contribution is -0.122. The normalized spacial score (nSPS) is 20.1. The van der Waals surface area contributed by atoms with Gasteiger partial charge in [-0.15, -0.1) is 0 Å². The highest BCUT2D eigenvalue weighted by molar-refractivity contribution is 5.77. The molecule has 0 radical (unpaired) electrons. The molecule has 142 valence electrons. The molecule has 0 spiro atoms. The highest BCUT2D eigenvalue weighted by Crippen LogP contribution is 2.29. The minimum atomic E-state index is -0.0986. The fraction of sp³-hybridized carbons (Fsp3) is 0.619. The van der Waals surface area contributed by atoms with Gasteiger partial charge in [0.05, 0.1) is 6.04 Å². The maximum atomic E-state index is 12.2. The van der Waals surface area contributed by atoms with Crippen LogP contribution in [0.4, 0.5) is 4.79 Å². The molecule has 0 aromatic heterocycles. The molecule has 0 saturated heterocycles. The van der Waals surface area contributed by atoms with Crippen LogP contribution in [0, 0.1) is 0 Å². The summed E-state index contributed by atoms with van der Waals surface area (Å²) in [5, 5.41) is 9.07. The lowest BCUT2D eigenvalue weighted by atomic mass is 9.87. The molecular formula is C21H31N3O2. The van der Waals surface area contributed by atoms with Crippen LogP contribution >= 0.6 is 0 Å². The van der Waals surface area contributed by atoms with Gasteiger partial charge in [-0.2, -0.15) is 0 Å². The lowest BCUT2D eigenvalue weighted by Crippen LogP contribution is -2.43. The van der Waals surface area contributed by atoms with E-state index in [4.69, 9.17) is 0 Å². The molecule has 5 nitrogen and oxygen atoms in total. The first kappa shape index (κ1) is 18.7. The van der Waals surface area contributed by atoms with Crippen molar-refractivity contribution in [1.82, 2.24) is 16.0 Å². The van der Waals surface area contributed by atoms with E-state index in [9.17, 15) is 9.59 Å². The molecule has 1 aromatic rings. The minimum absolute atomic E-state index is 0.0705. The molecule has 5 heteroatoms. The second kappa shape index (κ2) is 9.60. The Balaban J connectivity index is 1.33. The zero-order chi connectivity index (χ0) is 18.2. The van der Waals surface area contributed by atoms with Crippen LogP contribution in [0.1, 0.15) is 75.0 Å². The number of urea groups is 1.